The fraction of sp³-hybridized carbons (Fsp3) is 0.333. The minimum atomic E-state index is -0.0279. The summed E-state index contributed by atoms with van der Waals surface area (Å²) in [6, 6.07) is 1.64. The van der Waals surface area contributed by atoms with E-state index in [0.717, 1.165) is 0 Å². The molecule has 14 heavy (non-hydrogen) atoms. The standard InChI is InChI=1S/C9H13N3O2/c1-13-4-5-14-8-6-12-3-2-7(8)9(10)11/h2-3,6H,4-5H2,1H3,(H3,10,11). The summed E-state index contributed by atoms with van der Waals surface area (Å²) in [6.45, 7) is 0.911. The van der Waals surface area contributed by atoms with Crippen molar-refractivity contribution in [2.75, 3.05) is 20.3 Å². The van der Waals surface area contributed by atoms with Crippen LogP contribution in [0.1, 0.15) is 5.56 Å². The number of hydrogen-bond acceptors (Lipinski definition) is 4. The fourth-order valence-corrected chi connectivity index (χ4v) is 0.952. The molecule has 0 fully saturated rings. The van der Waals surface area contributed by atoms with Gasteiger partial charge in [0.05, 0.1) is 18.4 Å². The van der Waals surface area contributed by atoms with Crippen LogP contribution in [0.25, 0.3) is 0 Å². The Morgan fingerprint density at radius 3 is 3.00 bits per heavy atom. The van der Waals surface area contributed by atoms with E-state index in [2.05, 4.69) is 4.98 Å². The monoisotopic (exact) mass is 195 g/mol. The first-order valence-electron chi connectivity index (χ1n) is 4.16. The van der Waals surface area contributed by atoms with Crippen LogP contribution in [-0.2, 0) is 4.74 Å². The van der Waals surface area contributed by atoms with E-state index in [1.807, 2.05) is 0 Å². The van der Waals surface area contributed by atoms with E-state index in [9.17, 15) is 0 Å². The lowest BCUT2D eigenvalue weighted by molar-refractivity contribution is 0.146. The van der Waals surface area contributed by atoms with Crippen LogP contribution in [0.15, 0.2) is 18.5 Å². The van der Waals surface area contributed by atoms with Crippen LogP contribution in [-0.4, -0.2) is 31.1 Å². The molecule has 0 aliphatic heterocycles. The van der Waals surface area contributed by atoms with Gasteiger partial charge in [0.25, 0.3) is 0 Å². The maximum atomic E-state index is 7.30. The molecule has 0 saturated heterocycles. The van der Waals surface area contributed by atoms with Gasteiger partial charge in [-0.25, -0.2) is 0 Å². The van der Waals surface area contributed by atoms with Gasteiger partial charge in [-0.15, -0.1) is 0 Å². The molecule has 5 heteroatoms. The van der Waals surface area contributed by atoms with Crippen LogP contribution in [0.3, 0.4) is 0 Å². The van der Waals surface area contributed by atoms with Crippen molar-refractivity contribution in [3.8, 4) is 5.75 Å². The van der Waals surface area contributed by atoms with Gasteiger partial charge in [0, 0.05) is 13.3 Å². The van der Waals surface area contributed by atoms with Gasteiger partial charge in [0.15, 0.2) is 0 Å². The quantitative estimate of drug-likeness (QED) is 0.404. The molecule has 0 aromatic carbocycles. The summed E-state index contributed by atoms with van der Waals surface area (Å²) >= 11 is 0. The summed E-state index contributed by atoms with van der Waals surface area (Å²) < 4.78 is 10.2. The summed E-state index contributed by atoms with van der Waals surface area (Å²) in [5, 5.41) is 7.30. The Labute approximate surface area is 82.4 Å². The van der Waals surface area contributed by atoms with Crippen LogP contribution in [0.4, 0.5) is 0 Å². The summed E-state index contributed by atoms with van der Waals surface area (Å²) in [5.74, 6) is 0.483. The molecule has 0 saturated carbocycles. The average molecular weight is 195 g/mol. The Balaban J connectivity index is 2.69. The molecule has 3 N–H and O–H groups in total. The second-order valence-corrected chi connectivity index (χ2v) is 2.63. The number of nitrogen functional groups attached to an aromatic ring is 1. The Kier molecular flexibility index (Phi) is 3.87. The average Bonchev–Trinajstić information content (AvgIpc) is 2.19. The minimum absolute atomic E-state index is 0.0279. The molecule has 0 aliphatic carbocycles. The first kappa shape index (κ1) is 10.5. The zero-order valence-corrected chi connectivity index (χ0v) is 7.99. The third-order valence-electron chi connectivity index (χ3n) is 1.62. The van der Waals surface area contributed by atoms with Crippen molar-refractivity contribution >= 4 is 5.84 Å². The van der Waals surface area contributed by atoms with Crippen molar-refractivity contribution in [1.29, 1.82) is 5.41 Å². The molecule has 1 aromatic rings. The van der Waals surface area contributed by atoms with E-state index >= 15 is 0 Å². The molecule has 0 bridgehead atoms. The Morgan fingerprint density at radius 1 is 1.57 bits per heavy atom. The van der Waals surface area contributed by atoms with Gasteiger partial charge in [0.1, 0.15) is 18.2 Å². The highest BCUT2D eigenvalue weighted by Gasteiger charge is 2.05. The van der Waals surface area contributed by atoms with Gasteiger partial charge < -0.3 is 15.2 Å². The minimum Gasteiger partial charge on any atom is -0.489 e. The van der Waals surface area contributed by atoms with E-state index in [0.29, 0.717) is 24.5 Å². The highest BCUT2D eigenvalue weighted by Crippen LogP contribution is 2.14. The third kappa shape index (κ3) is 2.70. The lowest BCUT2D eigenvalue weighted by Crippen LogP contribution is -2.14. The summed E-state index contributed by atoms with van der Waals surface area (Å²) in [6.07, 6.45) is 3.10. The number of hydrogen-bond donors (Lipinski definition) is 2. The maximum Gasteiger partial charge on any atom is 0.148 e. The van der Waals surface area contributed by atoms with Crippen LogP contribution >= 0.6 is 0 Å². The number of nitrogens with two attached hydrogens (primary N) is 1. The molecule has 1 rings (SSSR count). The Morgan fingerprint density at radius 2 is 2.36 bits per heavy atom. The van der Waals surface area contributed by atoms with Crippen molar-refractivity contribution in [3.05, 3.63) is 24.0 Å². The molecule has 0 atom stereocenters. The summed E-state index contributed by atoms with van der Waals surface area (Å²) in [4.78, 5) is 3.89. The van der Waals surface area contributed by atoms with Crippen LogP contribution in [0, 0.1) is 5.41 Å². The van der Waals surface area contributed by atoms with Gasteiger partial charge in [-0.2, -0.15) is 0 Å². The Bertz CT molecular complexity index is 315. The number of pyridine rings is 1. The van der Waals surface area contributed by atoms with Crippen molar-refractivity contribution < 1.29 is 9.47 Å². The highest BCUT2D eigenvalue weighted by atomic mass is 16.5. The topological polar surface area (TPSA) is 81.2 Å². The van der Waals surface area contributed by atoms with E-state index < -0.39 is 0 Å². The second-order valence-electron chi connectivity index (χ2n) is 2.63. The zero-order chi connectivity index (χ0) is 10.4. The number of nitrogens with zero attached hydrogens (tertiary/aromatic N) is 1. The second kappa shape index (κ2) is 5.18. The van der Waals surface area contributed by atoms with Crippen molar-refractivity contribution in [2.45, 2.75) is 0 Å². The van der Waals surface area contributed by atoms with Crippen molar-refractivity contribution in [3.63, 3.8) is 0 Å². The predicted molar refractivity (Wildman–Crippen MR) is 52.6 cm³/mol. The fourth-order valence-electron chi connectivity index (χ4n) is 0.952. The number of rotatable bonds is 5. The first-order chi connectivity index (χ1) is 6.75. The van der Waals surface area contributed by atoms with Gasteiger partial charge in [-0.1, -0.05) is 0 Å². The molecule has 0 radical (unpaired) electrons. The normalized spacial score (nSPS) is 9.79. The first-order valence-corrected chi connectivity index (χ1v) is 4.16. The van der Waals surface area contributed by atoms with Crippen LogP contribution in [0.5, 0.6) is 5.75 Å². The van der Waals surface area contributed by atoms with E-state index in [4.69, 9.17) is 20.6 Å². The smallest absolute Gasteiger partial charge is 0.148 e. The summed E-state index contributed by atoms with van der Waals surface area (Å²) in [7, 11) is 1.60. The Hall–Kier alpha value is -1.62. The number of aromatic nitrogens is 1. The highest BCUT2D eigenvalue weighted by molar-refractivity contribution is 5.97. The number of methoxy groups -OCH3 is 1. The zero-order valence-electron chi connectivity index (χ0n) is 7.99. The lowest BCUT2D eigenvalue weighted by Gasteiger charge is -2.08. The molecule has 0 amide bonds. The van der Waals surface area contributed by atoms with Gasteiger partial charge in [-0.05, 0) is 6.07 Å². The molecule has 76 valence electrons. The lowest BCUT2D eigenvalue weighted by atomic mass is 10.2. The molecule has 0 aliphatic rings. The maximum absolute atomic E-state index is 7.30. The van der Waals surface area contributed by atoms with Crippen LogP contribution in [0.2, 0.25) is 0 Å². The third-order valence-corrected chi connectivity index (χ3v) is 1.62. The van der Waals surface area contributed by atoms with E-state index in [-0.39, 0.29) is 5.84 Å². The molecule has 1 aromatic heterocycles. The number of ether oxygens (including phenoxy) is 2. The van der Waals surface area contributed by atoms with Crippen LogP contribution < -0.4 is 10.5 Å². The van der Waals surface area contributed by atoms with E-state index in [1.54, 1.807) is 19.4 Å². The summed E-state index contributed by atoms with van der Waals surface area (Å²) in [5.41, 5.74) is 5.92. The molecule has 0 unspecified atom stereocenters. The van der Waals surface area contributed by atoms with E-state index in [1.165, 1.54) is 6.20 Å². The number of amidine groups is 1. The molecule has 5 nitrogen and oxygen atoms in total. The van der Waals surface area contributed by atoms with Gasteiger partial charge >= 0.3 is 0 Å². The largest absolute Gasteiger partial charge is 0.489 e. The van der Waals surface area contributed by atoms with Crippen molar-refractivity contribution in [2.24, 2.45) is 5.73 Å². The van der Waals surface area contributed by atoms with Gasteiger partial charge in [-0.3, -0.25) is 10.4 Å². The molecular formula is C9H13N3O2. The molecule has 1 heterocycles. The SMILES string of the molecule is COCCOc1cnccc1C(=N)N. The number of nitrogens with one attached hydrogen (secondary N) is 1. The molecular weight excluding hydrogens is 182 g/mol. The van der Waals surface area contributed by atoms with Gasteiger partial charge in [0.2, 0.25) is 0 Å². The van der Waals surface area contributed by atoms with Crippen molar-refractivity contribution in [1.82, 2.24) is 4.98 Å². The molecule has 0 spiro atoms. The predicted octanol–water partition coefficient (Wildman–Crippen LogP) is 0.391.